The maximum atomic E-state index is 10.9. The summed E-state index contributed by atoms with van der Waals surface area (Å²) in [5.41, 5.74) is 3.41. The molecule has 0 radical (unpaired) electrons. The fourth-order valence-electron chi connectivity index (χ4n) is 2.57. The average Bonchev–Trinajstić information content (AvgIpc) is 3.20. The molecule has 2 aromatic heterocycles. The van der Waals surface area contributed by atoms with E-state index in [-0.39, 0.29) is 5.56 Å². The molecule has 4 aromatic rings. The van der Waals surface area contributed by atoms with Gasteiger partial charge in [0.2, 0.25) is 0 Å². The summed E-state index contributed by atoms with van der Waals surface area (Å²) in [6.07, 6.45) is 3.48. The second-order valence-electron chi connectivity index (χ2n) is 5.82. The molecule has 0 unspecified atom stereocenters. The highest BCUT2D eigenvalue weighted by atomic mass is 16.4. The van der Waals surface area contributed by atoms with Crippen LogP contribution in [0.4, 0.5) is 11.5 Å². The number of nitrogens with zero attached hydrogens (tertiary/aromatic N) is 4. The number of hydrogen-bond acceptors (Lipinski definition) is 5. The zero-order chi connectivity index (χ0) is 18.6. The number of aromatic carboxylic acids is 1. The molecule has 7 nitrogen and oxygen atoms in total. The molecule has 4 rings (SSSR count). The Labute approximate surface area is 154 Å². The lowest BCUT2D eigenvalue weighted by molar-refractivity contribution is 0.0697. The molecule has 2 N–H and O–H groups in total. The van der Waals surface area contributed by atoms with Crippen LogP contribution in [0.3, 0.4) is 0 Å². The van der Waals surface area contributed by atoms with Crippen LogP contribution in [-0.2, 0) is 0 Å². The van der Waals surface area contributed by atoms with Crippen molar-refractivity contribution >= 4 is 17.5 Å². The van der Waals surface area contributed by atoms with Gasteiger partial charge in [0.05, 0.1) is 23.6 Å². The first-order valence-corrected chi connectivity index (χ1v) is 8.24. The third-order valence-corrected chi connectivity index (χ3v) is 3.98. The second kappa shape index (κ2) is 7.09. The topological polar surface area (TPSA) is 92.9 Å². The van der Waals surface area contributed by atoms with E-state index in [1.807, 2.05) is 42.5 Å². The Hall–Kier alpha value is -4.00. The predicted octanol–water partition coefficient (Wildman–Crippen LogP) is 3.77. The third kappa shape index (κ3) is 3.67. The van der Waals surface area contributed by atoms with Gasteiger partial charge in [0.15, 0.2) is 0 Å². The van der Waals surface area contributed by atoms with Crippen molar-refractivity contribution in [3.8, 4) is 16.9 Å². The minimum Gasteiger partial charge on any atom is -0.478 e. The van der Waals surface area contributed by atoms with Gasteiger partial charge in [-0.2, -0.15) is 0 Å². The number of hydrogen-bond donors (Lipinski definition) is 2. The van der Waals surface area contributed by atoms with Crippen molar-refractivity contribution in [2.75, 3.05) is 5.32 Å². The smallest absolute Gasteiger partial charge is 0.335 e. The number of aromatic nitrogens is 4. The van der Waals surface area contributed by atoms with Gasteiger partial charge in [0, 0.05) is 11.3 Å². The van der Waals surface area contributed by atoms with Gasteiger partial charge in [-0.3, -0.25) is 0 Å². The summed E-state index contributed by atoms with van der Waals surface area (Å²) >= 11 is 0. The summed E-state index contributed by atoms with van der Waals surface area (Å²) < 4.78 is 1.62. The van der Waals surface area contributed by atoms with E-state index >= 15 is 0 Å². The molecule has 132 valence electrons. The Balaban J connectivity index is 1.52. The fourth-order valence-corrected chi connectivity index (χ4v) is 2.57. The van der Waals surface area contributed by atoms with Crippen LogP contribution in [0.2, 0.25) is 0 Å². The number of carbonyl (C=O) groups is 1. The van der Waals surface area contributed by atoms with Crippen LogP contribution in [0.1, 0.15) is 10.4 Å². The summed E-state index contributed by atoms with van der Waals surface area (Å²) in [6.45, 7) is 0. The minimum atomic E-state index is -0.958. The number of carboxylic acids is 1. The van der Waals surface area contributed by atoms with E-state index in [4.69, 9.17) is 5.11 Å². The Bertz CT molecular complexity index is 1060. The van der Waals surface area contributed by atoms with Crippen LogP contribution in [0.5, 0.6) is 0 Å². The number of benzene rings is 2. The number of nitrogens with one attached hydrogen (secondary N) is 1. The maximum Gasteiger partial charge on any atom is 0.335 e. The first-order valence-electron chi connectivity index (χ1n) is 8.24. The largest absolute Gasteiger partial charge is 0.478 e. The maximum absolute atomic E-state index is 10.9. The number of pyridine rings is 1. The van der Waals surface area contributed by atoms with Gasteiger partial charge in [-0.15, -0.1) is 5.10 Å². The molecule has 2 heterocycles. The molecule has 2 aromatic carbocycles. The molecule has 0 amide bonds. The van der Waals surface area contributed by atoms with Crippen molar-refractivity contribution in [3.05, 3.63) is 84.7 Å². The molecule has 0 saturated heterocycles. The van der Waals surface area contributed by atoms with Gasteiger partial charge in [-0.05, 0) is 36.4 Å². The lowest BCUT2D eigenvalue weighted by Gasteiger charge is -2.06. The highest BCUT2D eigenvalue weighted by Gasteiger charge is 2.08. The van der Waals surface area contributed by atoms with Gasteiger partial charge in [-0.25, -0.2) is 14.5 Å². The van der Waals surface area contributed by atoms with Crippen molar-refractivity contribution in [2.24, 2.45) is 0 Å². The van der Waals surface area contributed by atoms with E-state index < -0.39 is 5.97 Å². The predicted molar refractivity (Wildman–Crippen MR) is 101 cm³/mol. The van der Waals surface area contributed by atoms with Crippen molar-refractivity contribution in [1.82, 2.24) is 20.0 Å². The van der Waals surface area contributed by atoms with E-state index in [9.17, 15) is 4.79 Å². The van der Waals surface area contributed by atoms with Gasteiger partial charge in [-0.1, -0.05) is 35.5 Å². The molecular formula is C20H15N5O2. The quantitative estimate of drug-likeness (QED) is 0.565. The summed E-state index contributed by atoms with van der Waals surface area (Å²) in [4.78, 5) is 15.3. The van der Waals surface area contributed by atoms with Crippen molar-refractivity contribution in [3.63, 3.8) is 0 Å². The number of carboxylic acid groups (broad SMARTS) is 1. The Morgan fingerprint density at radius 3 is 2.41 bits per heavy atom. The first-order chi connectivity index (χ1) is 13.2. The molecular weight excluding hydrogens is 342 g/mol. The first kappa shape index (κ1) is 16.5. The van der Waals surface area contributed by atoms with Gasteiger partial charge >= 0.3 is 5.97 Å². The molecule has 0 bridgehead atoms. The van der Waals surface area contributed by atoms with Gasteiger partial charge in [0.1, 0.15) is 11.5 Å². The van der Waals surface area contributed by atoms with Crippen molar-refractivity contribution < 1.29 is 9.90 Å². The van der Waals surface area contributed by atoms with Crippen LogP contribution in [0.25, 0.3) is 16.9 Å². The lowest BCUT2D eigenvalue weighted by atomic mass is 10.1. The Morgan fingerprint density at radius 1 is 0.963 bits per heavy atom. The SMILES string of the molecule is O=C(O)c1ccc(-c2cn(-c3ccc(Nc4ccccc4)nc3)nn2)cc1. The van der Waals surface area contributed by atoms with Crippen LogP contribution in [0, 0.1) is 0 Å². The Kier molecular flexibility index (Phi) is 4.32. The molecule has 0 aliphatic carbocycles. The van der Waals surface area contributed by atoms with Crippen LogP contribution >= 0.6 is 0 Å². The molecule has 0 spiro atoms. The highest BCUT2D eigenvalue weighted by Crippen LogP contribution is 2.19. The lowest BCUT2D eigenvalue weighted by Crippen LogP contribution is -1.98. The normalized spacial score (nSPS) is 10.5. The molecule has 27 heavy (non-hydrogen) atoms. The minimum absolute atomic E-state index is 0.233. The average molecular weight is 357 g/mol. The third-order valence-electron chi connectivity index (χ3n) is 3.98. The zero-order valence-electron chi connectivity index (χ0n) is 14.1. The molecule has 0 saturated carbocycles. The van der Waals surface area contributed by atoms with Crippen LogP contribution in [0.15, 0.2) is 79.1 Å². The fraction of sp³-hybridized carbons (Fsp3) is 0. The standard InChI is InChI=1S/C20H15N5O2/c26-20(27)15-8-6-14(7-9-15)18-13-25(24-23-18)17-10-11-19(21-12-17)22-16-4-2-1-3-5-16/h1-13H,(H,21,22)(H,26,27). The van der Waals surface area contributed by atoms with E-state index in [0.29, 0.717) is 5.69 Å². The van der Waals surface area contributed by atoms with E-state index in [2.05, 4.69) is 20.6 Å². The molecule has 0 fully saturated rings. The number of anilines is 2. The van der Waals surface area contributed by atoms with E-state index in [0.717, 1.165) is 22.8 Å². The van der Waals surface area contributed by atoms with Gasteiger partial charge in [0.25, 0.3) is 0 Å². The van der Waals surface area contributed by atoms with Crippen molar-refractivity contribution in [2.45, 2.75) is 0 Å². The van der Waals surface area contributed by atoms with Gasteiger partial charge < -0.3 is 10.4 Å². The Morgan fingerprint density at radius 2 is 1.74 bits per heavy atom. The monoisotopic (exact) mass is 357 g/mol. The molecule has 0 aliphatic rings. The summed E-state index contributed by atoms with van der Waals surface area (Å²) in [5, 5.41) is 20.5. The second-order valence-corrected chi connectivity index (χ2v) is 5.82. The number of rotatable bonds is 5. The van der Waals surface area contributed by atoms with Crippen LogP contribution in [-0.4, -0.2) is 31.1 Å². The summed E-state index contributed by atoms with van der Waals surface area (Å²) in [5.74, 6) is -0.227. The molecule has 7 heteroatoms. The zero-order valence-corrected chi connectivity index (χ0v) is 14.1. The van der Waals surface area contributed by atoms with E-state index in [1.54, 1.807) is 41.3 Å². The highest BCUT2D eigenvalue weighted by molar-refractivity contribution is 5.88. The molecule has 0 atom stereocenters. The number of para-hydroxylation sites is 1. The summed E-state index contributed by atoms with van der Waals surface area (Å²) in [7, 11) is 0. The van der Waals surface area contributed by atoms with Crippen LogP contribution < -0.4 is 5.32 Å². The summed E-state index contributed by atoms with van der Waals surface area (Å²) in [6, 6.07) is 20.1. The van der Waals surface area contributed by atoms with E-state index in [1.165, 1.54) is 0 Å². The van der Waals surface area contributed by atoms with Crippen molar-refractivity contribution in [1.29, 1.82) is 0 Å². The molecule has 0 aliphatic heterocycles.